The summed E-state index contributed by atoms with van der Waals surface area (Å²) in [5.74, 6) is -1.05. The quantitative estimate of drug-likeness (QED) is 0.751. The maximum Gasteiger partial charge on any atom is 0.164 e. The molecule has 5 heteroatoms. The van der Waals surface area contributed by atoms with E-state index in [0.717, 1.165) is 5.56 Å². The highest BCUT2D eigenvalue weighted by Gasteiger charge is 2.32. The van der Waals surface area contributed by atoms with Crippen LogP contribution in [0.25, 0.3) is 0 Å². The van der Waals surface area contributed by atoms with Crippen LogP contribution in [0.1, 0.15) is 19.4 Å². The Morgan fingerprint density at radius 1 is 1.62 bits per heavy atom. The maximum absolute atomic E-state index is 13.1. The van der Waals surface area contributed by atoms with Crippen molar-refractivity contribution in [1.29, 1.82) is 0 Å². The first kappa shape index (κ1) is 11.8. The van der Waals surface area contributed by atoms with E-state index >= 15 is 0 Å². The van der Waals surface area contributed by atoms with Gasteiger partial charge in [0, 0.05) is 12.6 Å². The van der Waals surface area contributed by atoms with Crippen molar-refractivity contribution < 1.29 is 13.9 Å². The standard InChI is InChI=1S/C11H13ClFNO2/c1-11(2)15-6-8(16-11)3-7-4-9(13)10(12)14-5-7/h4-5,8H,3,6H2,1-2H3/t8-/m1/s1. The number of rotatable bonds is 2. The second-order valence-corrected chi connectivity index (χ2v) is 4.63. The molecule has 1 aliphatic heterocycles. The number of nitrogens with zero attached hydrogens (tertiary/aromatic N) is 1. The van der Waals surface area contributed by atoms with E-state index in [2.05, 4.69) is 4.98 Å². The van der Waals surface area contributed by atoms with Gasteiger partial charge < -0.3 is 9.47 Å². The molecule has 2 heterocycles. The van der Waals surface area contributed by atoms with Crippen molar-refractivity contribution >= 4 is 11.6 Å². The third-order valence-corrected chi connectivity index (χ3v) is 2.66. The molecule has 0 radical (unpaired) electrons. The van der Waals surface area contributed by atoms with Gasteiger partial charge in [0.15, 0.2) is 16.8 Å². The highest BCUT2D eigenvalue weighted by Crippen LogP contribution is 2.25. The second-order valence-electron chi connectivity index (χ2n) is 4.27. The lowest BCUT2D eigenvalue weighted by molar-refractivity contribution is -0.138. The summed E-state index contributed by atoms with van der Waals surface area (Å²) in [5, 5.41) is -0.104. The number of hydrogen-bond acceptors (Lipinski definition) is 3. The predicted octanol–water partition coefficient (Wildman–Crippen LogP) is 2.57. The molecule has 0 amide bonds. The van der Waals surface area contributed by atoms with E-state index in [4.69, 9.17) is 21.1 Å². The molecule has 1 aromatic heterocycles. The van der Waals surface area contributed by atoms with Crippen molar-refractivity contribution in [3.8, 4) is 0 Å². The summed E-state index contributed by atoms with van der Waals surface area (Å²) in [6.45, 7) is 4.22. The average molecular weight is 246 g/mol. The zero-order valence-electron chi connectivity index (χ0n) is 9.17. The number of aromatic nitrogens is 1. The summed E-state index contributed by atoms with van der Waals surface area (Å²) < 4.78 is 24.2. The molecule has 1 atom stereocenters. The molecular formula is C11H13ClFNO2. The van der Waals surface area contributed by atoms with Crippen LogP contribution in [0, 0.1) is 5.82 Å². The summed E-state index contributed by atoms with van der Waals surface area (Å²) in [6, 6.07) is 1.38. The first-order chi connectivity index (χ1) is 7.46. The minimum absolute atomic E-state index is 0.0580. The first-order valence-electron chi connectivity index (χ1n) is 5.08. The summed E-state index contributed by atoms with van der Waals surface area (Å²) >= 11 is 5.50. The molecule has 2 rings (SSSR count). The van der Waals surface area contributed by atoms with E-state index in [1.165, 1.54) is 6.07 Å². The molecule has 0 N–H and O–H groups in total. The summed E-state index contributed by atoms with van der Waals surface area (Å²) in [7, 11) is 0. The van der Waals surface area contributed by atoms with Gasteiger partial charge in [-0.25, -0.2) is 9.37 Å². The third-order valence-electron chi connectivity index (χ3n) is 2.38. The van der Waals surface area contributed by atoms with Gasteiger partial charge in [-0.1, -0.05) is 11.6 Å². The Balaban J connectivity index is 2.02. The third kappa shape index (κ3) is 2.70. The minimum Gasteiger partial charge on any atom is -0.348 e. The van der Waals surface area contributed by atoms with Gasteiger partial charge in [-0.2, -0.15) is 0 Å². The molecule has 1 aliphatic rings. The van der Waals surface area contributed by atoms with Crippen LogP contribution in [0.3, 0.4) is 0 Å². The maximum atomic E-state index is 13.1. The van der Waals surface area contributed by atoms with Crippen LogP contribution in [-0.2, 0) is 15.9 Å². The van der Waals surface area contributed by atoms with Crippen LogP contribution >= 0.6 is 11.6 Å². The molecule has 16 heavy (non-hydrogen) atoms. The summed E-state index contributed by atoms with van der Waals surface area (Å²) in [4.78, 5) is 3.75. The fraction of sp³-hybridized carbons (Fsp3) is 0.545. The fourth-order valence-electron chi connectivity index (χ4n) is 1.70. The molecule has 88 valence electrons. The van der Waals surface area contributed by atoms with Crippen molar-refractivity contribution in [1.82, 2.24) is 4.98 Å². The van der Waals surface area contributed by atoms with Crippen LogP contribution in [0.2, 0.25) is 5.15 Å². The van der Waals surface area contributed by atoms with Crippen molar-refractivity contribution in [3.05, 3.63) is 28.8 Å². The van der Waals surface area contributed by atoms with Gasteiger partial charge in [0.2, 0.25) is 0 Å². The average Bonchev–Trinajstić information content (AvgIpc) is 2.52. The van der Waals surface area contributed by atoms with Crippen molar-refractivity contribution in [2.45, 2.75) is 32.2 Å². The molecule has 3 nitrogen and oxygen atoms in total. The SMILES string of the molecule is CC1(C)OC[C@@H](Cc2cnc(Cl)c(F)c2)O1. The molecule has 0 aliphatic carbocycles. The van der Waals surface area contributed by atoms with Crippen molar-refractivity contribution in [2.24, 2.45) is 0 Å². The van der Waals surface area contributed by atoms with E-state index in [0.29, 0.717) is 13.0 Å². The summed E-state index contributed by atoms with van der Waals surface area (Å²) in [5.41, 5.74) is 0.758. The largest absolute Gasteiger partial charge is 0.348 e. The van der Waals surface area contributed by atoms with Crippen LogP contribution < -0.4 is 0 Å². The predicted molar refractivity (Wildman–Crippen MR) is 57.8 cm³/mol. The van der Waals surface area contributed by atoms with E-state index in [1.54, 1.807) is 6.20 Å². The Morgan fingerprint density at radius 3 is 2.94 bits per heavy atom. The molecule has 0 spiro atoms. The smallest absolute Gasteiger partial charge is 0.164 e. The van der Waals surface area contributed by atoms with E-state index in [9.17, 15) is 4.39 Å². The lowest BCUT2D eigenvalue weighted by Crippen LogP contribution is -2.22. The van der Waals surface area contributed by atoms with E-state index < -0.39 is 11.6 Å². The van der Waals surface area contributed by atoms with Gasteiger partial charge in [0.1, 0.15) is 0 Å². The van der Waals surface area contributed by atoms with Gasteiger partial charge >= 0.3 is 0 Å². The fourth-order valence-corrected chi connectivity index (χ4v) is 1.80. The molecular weight excluding hydrogens is 233 g/mol. The Hall–Kier alpha value is -0.710. The number of hydrogen-bond donors (Lipinski definition) is 0. The molecule has 0 unspecified atom stereocenters. The van der Waals surface area contributed by atoms with Crippen molar-refractivity contribution in [2.75, 3.05) is 6.61 Å². The minimum atomic E-state index is -0.553. The van der Waals surface area contributed by atoms with Gasteiger partial charge in [-0.05, 0) is 25.5 Å². The number of halogens is 2. The molecule has 1 aromatic rings. The molecule has 1 fully saturated rings. The van der Waals surface area contributed by atoms with Crippen LogP contribution in [-0.4, -0.2) is 23.5 Å². The van der Waals surface area contributed by atoms with Gasteiger partial charge in [0.05, 0.1) is 12.7 Å². The molecule has 0 aromatic carbocycles. The lowest BCUT2D eigenvalue weighted by Gasteiger charge is -2.17. The second kappa shape index (κ2) is 4.28. The molecule has 1 saturated heterocycles. The number of pyridine rings is 1. The van der Waals surface area contributed by atoms with Crippen LogP contribution in [0.5, 0.6) is 0 Å². The van der Waals surface area contributed by atoms with Crippen molar-refractivity contribution in [3.63, 3.8) is 0 Å². The lowest BCUT2D eigenvalue weighted by atomic mass is 10.1. The Kier molecular flexibility index (Phi) is 3.15. The van der Waals surface area contributed by atoms with Gasteiger partial charge in [0.25, 0.3) is 0 Å². The van der Waals surface area contributed by atoms with E-state index in [1.807, 2.05) is 13.8 Å². The Morgan fingerprint density at radius 2 is 2.38 bits per heavy atom. The molecule has 0 saturated carbocycles. The normalized spacial score (nSPS) is 23.6. The zero-order valence-corrected chi connectivity index (χ0v) is 9.92. The van der Waals surface area contributed by atoms with Gasteiger partial charge in [-0.15, -0.1) is 0 Å². The number of ether oxygens (including phenoxy) is 2. The van der Waals surface area contributed by atoms with Gasteiger partial charge in [-0.3, -0.25) is 0 Å². The molecule has 0 bridgehead atoms. The Bertz CT molecular complexity index is 398. The van der Waals surface area contributed by atoms with Crippen LogP contribution in [0.15, 0.2) is 12.3 Å². The highest BCUT2D eigenvalue weighted by atomic mass is 35.5. The summed E-state index contributed by atoms with van der Waals surface area (Å²) in [6.07, 6.45) is 2.07. The van der Waals surface area contributed by atoms with E-state index in [-0.39, 0.29) is 11.3 Å². The zero-order chi connectivity index (χ0) is 11.8. The Labute approximate surface area is 98.5 Å². The highest BCUT2D eigenvalue weighted by molar-refractivity contribution is 6.29. The topological polar surface area (TPSA) is 31.4 Å². The van der Waals surface area contributed by atoms with Crippen LogP contribution in [0.4, 0.5) is 4.39 Å². The first-order valence-corrected chi connectivity index (χ1v) is 5.46. The monoisotopic (exact) mass is 245 g/mol.